The van der Waals surface area contributed by atoms with Crippen LogP contribution in [0.4, 0.5) is 19.2 Å². The molecule has 2 spiro atoms. The Bertz CT molecular complexity index is 5580. The number of nitrogens with one attached hydrogen (secondary N) is 7. The zero-order valence-corrected chi connectivity index (χ0v) is 70.8. The summed E-state index contributed by atoms with van der Waals surface area (Å²) >= 11 is 0. The van der Waals surface area contributed by atoms with E-state index in [1.54, 1.807) is 6.92 Å². The quantitative estimate of drug-likeness (QED) is 0.0349. The predicted octanol–water partition coefficient (Wildman–Crippen LogP) is 16.7. The summed E-state index contributed by atoms with van der Waals surface area (Å²) in [6, 6.07) is 40.0. The van der Waals surface area contributed by atoms with Crippen molar-refractivity contribution in [1.29, 1.82) is 0 Å². The number of carbonyl (C=O) groups excluding carboxylic acids is 7. The standard InChI is InChI=1S/C48H56N8O7.C46H53N7O5/c1-26(2)39(53-46(59)62-5)45(58)56-35-16-15-34(21-35)41(56)43-50-23-36(52-43)29-9-7-28(8-10-29)30-11-12-32-20-33(14-13-31(32)19-30)37-24-49-42(51-37)38-22-48(17-18-48)25-55(38)44(57)40(27(3)61-4)54-47(60)63-6;1-26(2)38(51-43(55)57-6)42(54)53-34-16-15-33(21-34)39(53)41-48-23-35(50-41)28-9-7-27(8-10-28)29-11-12-31-20-32(14-13-30(31)19-29)36-24-47-40(49-36)37-22-46(17-18-46)25-52(37)44(56)58-45(3,4)5/h7-14,19-20,23-24,26-27,34-35,38-41H,15-18,21-22,25H2,1-6H3,(H,49,51)(H,50,52)(H,53,59)(H,54,60);7-14,19-20,23-24,26,33-34,37-39H,15-18,21-22,25H2,1-6H3,(H,47,49)(H,48,50)(H,51,55)/t27?,34-,35+,38-,39-,40-,41-;33-,34+,37-,38-,39-/m00/s1. The van der Waals surface area contributed by atoms with Crippen LogP contribution < -0.4 is 16.0 Å². The van der Waals surface area contributed by atoms with E-state index in [1.165, 1.54) is 28.4 Å². The Hall–Kier alpha value is -11.9. The van der Waals surface area contributed by atoms with Gasteiger partial charge in [-0.1, -0.05) is 125 Å². The lowest BCUT2D eigenvalue weighted by Crippen LogP contribution is -2.54. The molecule has 27 nitrogen and oxygen atoms in total. The average molecular weight is 1640 g/mol. The van der Waals surface area contributed by atoms with Crippen LogP contribution >= 0.6 is 0 Å². The molecular weight excluding hydrogens is 1530 g/mol. The molecule has 4 aliphatic heterocycles. The second-order valence-corrected chi connectivity index (χ2v) is 36.6. The van der Waals surface area contributed by atoms with Gasteiger partial charge in [-0.3, -0.25) is 19.3 Å². The van der Waals surface area contributed by atoms with E-state index in [0.717, 1.165) is 196 Å². The van der Waals surface area contributed by atoms with Crippen LogP contribution in [0.2, 0.25) is 0 Å². The number of alkyl carbamates (subject to hydrolysis) is 3. The average Bonchev–Trinajstić information content (AvgIpc) is 1.58. The molecule has 27 heteroatoms. The number of ether oxygens (including phenoxy) is 5. The third-order valence-corrected chi connectivity index (χ3v) is 26.8. The molecule has 8 fully saturated rings. The molecule has 8 heterocycles. The van der Waals surface area contributed by atoms with Crippen molar-refractivity contribution in [2.75, 3.05) is 41.5 Å². The number of rotatable bonds is 20. The van der Waals surface area contributed by atoms with Gasteiger partial charge in [0.05, 0.1) is 99.2 Å². The second kappa shape index (κ2) is 32.6. The molecule has 4 saturated heterocycles. The molecule has 6 aromatic carbocycles. The molecule has 4 saturated carbocycles. The fourth-order valence-corrected chi connectivity index (χ4v) is 19.8. The molecular formula is C94H109N15O12. The number of hydrogen-bond acceptors (Lipinski definition) is 16. The number of carbonyl (C=O) groups is 7. The number of aromatic nitrogens is 8. The summed E-state index contributed by atoms with van der Waals surface area (Å²) in [5.74, 6) is 3.14. The van der Waals surface area contributed by atoms with Gasteiger partial charge in [-0.05, 0) is 218 Å². The molecule has 8 aliphatic rings. The van der Waals surface area contributed by atoms with Crippen LogP contribution in [0, 0.1) is 34.5 Å². The Kier molecular flexibility index (Phi) is 22.0. The number of benzene rings is 6. The van der Waals surface area contributed by atoms with Gasteiger partial charge >= 0.3 is 24.4 Å². The number of H-pyrrole nitrogens is 4. The number of imidazole rings is 4. The Balaban J connectivity index is 0.000000173. The maximum atomic E-state index is 14.0. The number of aromatic amines is 4. The van der Waals surface area contributed by atoms with E-state index in [-0.39, 0.29) is 82.7 Å². The van der Waals surface area contributed by atoms with Crippen molar-refractivity contribution in [3.8, 4) is 67.3 Å². The van der Waals surface area contributed by atoms with Crippen molar-refractivity contribution in [3.63, 3.8) is 0 Å². The summed E-state index contributed by atoms with van der Waals surface area (Å²) in [7, 11) is 5.42. The molecule has 1 unspecified atom stereocenters. The maximum Gasteiger partial charge on any atom is 0.410 e. The van der Waals surface area contributed by atoms with E-state index in [1.807, 2.05) is 92.9 Å². The summed E-state index contributed by atoms with van der Waals surface area (Å²) in [6.45, 7) is 16.5. The van der Waals surface area contributed by atoms with Crippen LogP contribution in [0.25, 0.3) is 88.8 Å². The second-order valence-electron chi connectivity index (χ2n) is 36.6. The first-order valence-corrected chi connectivity index (χ1v) is 42.7. The highest BCUT2D eigenvalue weighted by Gasteiger charge is 2.58. The Morgan fingerprint density at radius 3 is 1.14 bits per heavy atom. The largest absolute Gasteiger partial charge is 0.453 e. The minimum absolute atomic E-state index is 0.0776. The number of nitrogens with zero attached hydrogens (tertiary/aromatic N) is 8. The van der Waals surface area contributed by atoms with Crippen LogP contribution in [-0.2, 0) is 38.1 Å². The molecule has 10 aromatic rings. The highest BCUT2D eigenvalue weighted by molar-refractivity contribution is 5.93. The van der Waals surface area contributed by atoms with E-state index < -0.39 is 48.1 Å². The van der Waals surface area contributed by atoms with Gasteiger partial charge in [-0.2, -0.15) is 0 Å². The highest BCUT2D eigenvalue weighted by Crippen LogP contribution is 2.60. The molecule has 4 aromatic heterocycles. The number of fused-ring (bicyclic) bond motifs is 6. The van der Waals surface area contributed by atoms with E-state index in [0.29, 0.717) is 18.4 Å². The monoisotopic (exact) mass is 1640 g/mol. The Morgan fingerprint density at radius 1 is 0.421 bits per heavy atom. The van der Waals surface area contributed by atoms with Crippen molar-refractivity contribution in [2.45, 2.75) is 199 Å². The fourth-order valence-electron chi connectivity index (χ4n) is 19.8. The lowest BCUT2D eigenvalue weighted by Gasteiger charge is -2.37. The minimum Gasteiger partial charge on any atom is -0.453 e. The number of piperidine rings is 2. The topological polar surface area (TPSA) is 329 Å². The minimum atomic E-state index is -0.896. The maximum absolute atomic E-state index is 14.0. The summed E-state index contributed by atoms with van der Waals surface area (Å²) in [5.41, 5.74) is 11.7. The van der Waals surface area contributed by atoms with E-state index in [4.69, 9.17) is 43.6 Å². The van der Waals surface area contributed by atoms with Gasteiger partial charge in [0.1, 0.15) is 47.0 Å². The molecule has 0 radical (unpaired) electrons. The Labute approximate surface area is 704 Å². The molecule has 12 atom stereocenters. The van der Waals surface area contributed by atoms with E-state index >= 15 is 0 Å². The smallest absolute Gasteiger partial charge is 0.410 e. The molecule has 7 N–H and O–H groups in total. The normalized spacial score (nSPS) is 22.4. The summed E-state index contributed by atoms with van der Waals surface area (Å²) in [6.07, 6.45) is 16.7. The van der Waals surface area contributed by atoms with Crippen molar-refractivity contribution in [1.82, 2.24) is 75.4 Å². The SMILES string of the molecule is COC(=O)N[C@H](C(=O)N1[C@@H]2CC[C@@H](C2)[C@H]1c1ncc(-c2ccc(-c3ccc4cc(-c5cnc([C@@H]6CC7(CC7)CN6C(=O)OC(C)(C)C)[nH]5)ccc4c3)cc2)[nH]1)C(C)C.COC(=O)N[C@H](C(=O)N1[C@@H]2CC[C@@H](C2)[C@H]1c1ncc(-c2ccc(-c3ccc4cc(-c5cnc([C@@H]6CC7(CC7)CN6C(=O)[C@@H](NC(=O)OC)C(C)OC)[nH]5)ccc4c3)cc2)[nH]1)C(C)C. The van der Waals surface area contributed by atoms with Crippen molar-refractivity contribution in [3.05, 3.63) is 169 Å². The van der Waals surface area contributed by atoms with Crippen LogP contribution in [0.5, 0.6) is 0 Å². The van der Waals surface area contributed by atoms with Gasteiger partial charge in [0.25, 0.3) is 0 Å². The van der Waals surface area contributed by atoms with Crippen LogP contribution in [0.3, 0.4) is 0 Å². The zero-order valence-electron chi connectivity index (χ0n) is 70.8. The van der Waals surface area contributed by atoms with Gasteiger partial charge in [-0.25, -0.2) is 39.1 Å². The summed E-state index contributed by atoms with van der Waals surface area (Å²) in [4.78, 5) is 133. The first-order chi connectivity index (χ1) is 58.2. The third kappa shape index (κ3) is 16.3. The fraction of sp³-hybridized carbons (Fsp3) is 0.457. The summed E-state index contributed by atoms with van der Waals surface area (Å²) < 4.78 is 25.7. The molecule has 7 amide bonds. The van der Waals surface area contributed by atoms with Crippen molar-refractivity contribution >= 4 is 63.6 Å². The van der Waals surface area contributed by atoms with E-state index in [2.05, 4.69) is 157 Å². The highest BCUT2D eigenvalue weighted by atomic mass is 16.6. The van der Waals surface area contributed by atoms with E-state index in [9.17, 15) is 33.6 Å². The number of amides is 7. The van der Waals surface area contributed by atoms with Gasteiger partial charge in [-0.15, -0.1) is 0 Å². The zero-order chi connectivity index (χ0) is 84.7. The first kappa shape index (κ1) is 81.5. The molecule has 632 valence electrons. The van der Waals surface area contributed by atoms with Crippen molar-refractivity contribution < 1.29 is 57.2 Å². The molecule has 4 bridgehead atoms. The van der Waals surface area contributed by atoms with Crippen LogP contribution in [0.1, 0.15) is 180 Å². The van der Waals surface area contributed by atoms with Gasteiger partial charge in [0, 0.05) is 43.4 Å². The van der Waals surface area contributed by atoms with Gasteiger partial charge in [0.15, 0.2) is 0 Å². The third-order valence-electron chi connectivity index (χ3n) is 26.8. The van der Waals surface area contributed by atoms with Gasteiger partial charge < -0.3 is 74.3 Å². The number of methoxy groups -OCH3 is 4. The van der Waals surface area contributed by atoms with Crippen molar-refractivity contribution in [2.24, 2.45) is 34.5 Å². The number of hydrogen-bond donors (Lipinski definition) is 7. The number of likely N-dealkylation sites (tertiary alicyclic amines) is 4. The molecule has 18 rings (SSSR count). The lowest BCUT2D eigenvalue weighted by atomic mass is 9.95. The first-order valence-electron chi connectivity index (χ1n) is 42.7. The summed E-state index contributed by atoms with van der Waals surface area (Å²) in [5, 5.41) is 12.7. The van der Waals surface area contributed by atoms with Crippen LogP contribution in [0.15, 0.2) is 146 Å². The molecule has 121 heavy (non-hydrogen) atoms. The predicted molar refractivity (Wildman–Crippen MR) is 457 cm³/mol. The molecule has 4 aliphatic carbocycles. The Morgan fingerprint density at radius 2 is 0.760 bits per heavy atom. The lowest BCUT2D eigenvalue weighted by molar-refractivity contribution is -0.140. The van der Waals surface area contributed by atoms with Gasteiger partial charge in [0.2, 0.25) is 17.7 Å². The van der Waals surface area contributed by atoms with Crippen LogP contribution in [-0.4, -0.2) is 185 Å².